The van der Waals surface area contributed by atoms with Crippen molar-refractivity contribution in [3.05, 3.63) is 83.9 Å². The van der Waals surface area contributed by atoms with Crippen LogP contribution in [0.2, 0.25) is 0 Å². The summed E-state index contributed by atoms with van der Waals surface area (Å²) >= 11 is 1.73. The Hall–Kier alpha value is -2.72. The summed E-state index contributed by atoms with van der Waals surface area (Å²) in [6.07, 6.45) is 2.75. The van der Waals surface area contributed by atoms with Crippen LogP contribution < -0.4 is 4.74 Å². The van der Waals surface area contributed by atoms with Crippen molar-refractivity contribution < 1.29 is 14.6 Å². The van der Waals surface area contributed by atoms with Gasteiger partial charge in [0, 0.05) is 11.3 Å². The van der Waals surface area contributed by atoms with E-state index in [0.717, 1.165) is 16.9 Å². The van der Waals surface area contributed by atoms with Gasteiger partial charge in [-0.3, -0.25) is 4.79 Å². The van der Waals surface area contributed by atoms with Gasteiger partial charge in [-0.25, -0.2) is 0 Å². The van der Waals surface area contributed by atoms with Crippen LogP contribution in [-0.4, -0.2) is 17.3 Å². The summed E-state index contributed by atoms with van der Waals surface area (Å²) in [6, 6.07) is 24.4. The third-order valence-electron chi connectivity index (χ3n) is 4.36. The van der Waals surface area contributed by atoms with E-state index < -0.39 is 5.97 Å². The maximum absolute atomic E-state index is 10.7. The Kier molecular flexibility index (Phi) is 6.55. The highest BCUT2D eigenvalue weighted by atomic mass is 32.2. The van der Waals surface area contributed by atoms with E-state index in [4.69, 9.17) is 9.84 Å². The highest BCUT2D eigenvalue weighted by Crippen LogP contribution is 2.27. The second-order valence-electron chi connectivity index (χ2n) is 6.21. The molecule has 0 saturated carbocycles. The van der Waals surface area contributed by atoms with E-state index in [1.807, 2.05) is 36.4 Å². The Morgan fingerprint density at radius 2 is 1.67 bits per heavy atom. The lowest BCUT2D eigenvalue weighted by molar-refractivity contribution is -0.136. The van der Waals surface area contributed by atoms with Crippen molar-refractivity contribution in [2.45, 2.75) is 24.3 Å². The molecular weight excluding hydrogens is 356 g/mol. The Morgan fingerprint density at radius 1 is 0.963 bits per heavy atom. The Morgan fingerprint density at radius 3 is 2.33 bits per heavy atom. The molecule has 0 amide bonds. The number of carboxylic acids is 1. The van der Waals surface area contributed by atoms with Gasteiger partial charge in [0.2, 0.25) is 0 Å². The van der Waals surface area contributed by atoms with Gasteiger partial charge in [0.15, 0.2) is 0 Å². The first kappa shape index (κ1) is 19.1. The number of hydrogen-bond donors (Lipinski definition) is 1. The second-order valence-corrected chi connectivity index (χ2v) is 7.09. The molecule has 0 aromatic heterocycles. The topological polar surface area (TPSA) is 46.5 Å². The molecule has 0 aliphatic carbocycles. The van der Waals surface area contributed by atoms with E-state index in [-0.39, 0.29) is 6.42 Å². The zero-order valence-electron chi connectivity index (χ0n) is 15.2. The number of benzene rings is 3. The van der Waals surface area contributed by atoms with Crippen LogP contribution in [0.3, 0.4) is 0 Å². The minimum atomic E-state index is -0.780. The molecule has 27 heavy (non-hydrogen) atoms. The zero-order chi connectivity index (χ0) is 19.1. The van der Waals surface area contributed by atoms with Crippen LogP contribution in [0.4, 0.5) is 0 Å². The molecule has 0 saturated heterocycles. The SMILES string of the molecule is CSc1ccc(-c2ccccc2COc2ccc(CCC(=O)O)cc2)cc1. The van der Waals surface area contributed by atoms with E-state index in [9.17, 15) is 4.79 Å². The molecule has 0 heterocycles. The van der Waals surface area contributed by atoms with Gasteiger partial charge >= 0.3 is 5.97 Å². The minimum absolute atomic E-state index is 0.142. The van der Waals surface area contributed by atoms with Crippen LogP contribution in [0.15, 0.2) is 77.7 Å². The average molecular weight is 378 g/mol. The third-order valence-corrected chi connectivity index (χ3v) is 5.11. The number of hydrogen-bond acceptors (Lipinski definition) is 3. The highest BCUT2D eigenvalue weighted by molar-refractivity contribution is 7.98. The summed E-state index contributed by atoms with van der Waals surface area (Å²) < 4.78 is 5.96. The van der Waals surface area contributed by atoms with Crippen molar-refractivity contribution in [3.8, 4) is 16.9 Å². The lowest BCUT2D eigenvalue weighted by atomic mass is 10.0. The largest absolute Gasteiger partial charge is 0.489 e. The van der Waals surface area contributed by atoms with Crippen molar-refractivity contribution in [1.29, 1.82) is 0 Å². The van der Waals surface area contributed by atoms with Gasteiger partial charge < -0.3 is 9.84 Å². The Balaban J connectivity index is 1.68. The van der Waals surface area contributed by atoms with Gasteiger partial charge in [0.05, 0.1) is 0 Å². The molecule has 4 heteroatoms. The van der Waals surface area contributed by atoms with Gasteiger partial charge in [-0.1, -0.05) is 48.5 Å². The molecule has 0 radical (unpaired) electrons. The quantitative estimate of drug-likeness (QED) is 0.513. The van der Waals surface area contributed by atoms with Crippen LogP contribution in [0, 0.1) is 0 Å². The number of aryl methyl sites for hydroxylation is 1. The van der Waals surface area contributed by atoms with Crippen molar-refractivity contribution in [3.63, 3.8) is 0 Å². The van der Waals surface area contributed by atoms with Gasteiger partial charge in [-0.15, -0.1) is 11.8 Å². The number of aliphatic carboxylic acids is 1. The van der Waals surface area contributed by atoms with E-state index in [1.165, 1.54) is 16.0 Å². The molecule has 0 spiro atoms. The van der Waals surface area contributed by atoms with E-state index >= 15 is 0 Å². The maximum atomic E-state index is 10.7. The van der Waals surface area contributed by atoms with Crippen LogP contribution in [0.25, 0.3) is 11.1 Å². The summed E-state index contributed by atoms with van der Waals surface area (Å²) in [7, 11) is 0. The van der Waals surface area contributed by atoms with Crippen LogP contribution in [-0.2, 0) is 17.8 Å². The summed E-state index contributed by atoms with van der Waals surface area (Å²) in [5.74, 6) is -0.000828. The lowest BCUT2D eigenvalue weighted by Gasteiger charge is -2.12. The predicted molar refractivity (Wildman–Crippen MR) is 110 cm³/mol. The highest BCUT2D eigenvalue weighted by Gasteiger charge is 2.06. The van der Waals surface area contributed by atoms with E-state index in [2.05, 4.69) is 42.7 Å². The fourth-order valence-corrected chi connectivity index (χ4v) is 3.27. The molecule has 0 fully saturated rings. The number of rotatable bonds is 8. The number of thioether (sulfide) groups is 1. The normalized spacial score (nSPS) is 10.6. The predicted octanol–water partition coefficient (Wildman–Crippen LogP) is 5.67. The van der Waals surface area contributed by atoms with Gasteiger partial charge in [0.1, 0.15) is 12.4 Å². The lowest BCUT2D eigenvalue weighted by Crippen LogP contribution is -1.99. The molecule has 3 rings (SSSR count). The Bertz CT molecular complexity index is 886. The minimum Gasteiger partial charge on any atom is -0.489 e. The van der Waals surface area contributed by atoms with Crippen LogP contribution in [0.1, 0.15) is 17.5 Å². The molecule has 1 N–H and O–H groups in total. The first-order valence-corrected chi connectivity index (χ1v) is 10.0. The average Bonchev–Trinajstić information content (AvgIpc) is 2.72. The van der Waals surface area contributed by atoms with E-state index in [0.29, 0.717) is 13.0 Å². The first-order chi connectivity index (χ1) is 13.2. The van der Waals surface area contributed by atoms with Crippen LogP contribution in [0.5, 0.6) is 5.75 Å². The number of carbonyl (C=O) groups is 1. The standard InChI is InChI=1S/C23H22O3S/c1-27-21-13-9-18(10-14-21)22-5-3-2-4-19(22)16-26-20-11-6-17(7-12-20)8-15-23(24)25/h2-7,9-14H,8,15-16H2,1H3,(H,24,25). The molecule has 0 unspecified atom stereocenters. The Labute approximate surface area is 164 Å². The van der Waals surface area contributed by atoms with Crippen LogP contribution >= 0.6 is 11.8 Å². The third kappa shape index (κ3) is 5.38. The molecule has 0 aliphatic rings. The van der Waals surface area contributed by atoms with Gasteiger partial charge in [-0.2, -0.15) is 0 Å². The molecule has 3 aromatic rings. The molecule has 0 aliphatic heterocycles. The van der Waals surface area contributed by atoms with Crippen molar-refractivity contribution in [2.24, 2.45) is 0 Å². The first-order valence-electron chi connectivity index (χ1n) is 8.81. The molecule has 3 nitrogen and oxygen atoms in total. The van der Waals surface area contributed by atoms with Crippen molar-refractivity contribution in [2.75, 3.05) is 6.26 Å². The molecular formula is C23H22O3S. The smallest absolute Gasteiger partial charge is 0.303 e. The number of carboxylic acid groups (broad SMARTS) is 1. The fourth-order valence-electron chi connectivity index (χ4n) is 2.86. The maximum Gasteiger partial charge on any atom is 0.303 e. The molecule has 3 aromatic carbocycles. The molecule has 0 bridgehead atoms. The van der Waals surface area contributed by atoms with Crippen molar-refractivity contribution in [1.82, 2.24) is 0 Å². The molecule has 138 valence electrons. The second kappa shape index (κ2) is 9.28. The fraction of sp³-hybridized carbons (Fsp3) is 0.174. The number of ether oxygens (including phenoxy) is 1. The monoisotopic (exact) mass is 378 g/mol. The summed E-state index contributed by atoms with van der Waals surface area (Å²) in [5.41, 5.74) is 4.47. The van der Waals surface area contributed by atoms with Gasteiger partial charge in [-0.05, 0) is 59.2 Å². The van der Waals surface area contributed by atoms with Gasteiger partial charge in [0.25, 0.3) is 0 Å². The molecule has 0 atom stereocenters. The summed E-state index contributed by atoms with van der Waals surface area (Å²) in [6.45, 7) is 0.481. The van der Waals surface area contributed by atoms with Crippen molar-refractivity contribution >= 4 is 17.7 Å². The summed E-state index contributed by atoms with van der Waals surface area (Å²) in [4.78, 5) is 11.9. The summed E-state index contributed by atoms with van der Waals surface area (Å²) in [5, 5.41) is 8.76. The van der Waals surface area contributed by atoms with E-state index in [1.54, 1.807) is 11.8 Å². The zero-order valence-corrected chi connectivity index (χ0v) is 16.0.